The molecule has 110 valence electrons. The number of aliphatic hydroxyl groups is 1. The molecule has 4 heteroatoms. The summed E-state index contributed by atoms with van der Waals surface area (Å²) in [6.45, 7) is 12.8. The fourth-order valence-electron chi connectivity index (χ4n) is 1.24. The van der Waals surface area contributed by atoms with Crippen LogP contribution in [0.5, 0.6) is 0 Å². The summed E-state index contributed by atoms with van der Waals surface area (Å²) in [7, 11) is 1.67. The van der Waals surface area contributed by atoms with Crippen molar-refractivity contribution in [3.63, 3.8) is 0 Å². The maximum Gasteiger partial charge on any atom is 0.162 e. The topological polar surface area (TPSA) is 47.9 Å². The van der Waals surface area contributed by atoms with E-state index in [-0.39, 0.29) is 6.61 Å². The van der Waals surface area contributed by atoms with Gasteiger partial charge in [-0.15, -0.1) is 6.58 Å². The van der Waals surface area contributed by atoms with Crippen molar-refractivity contribution in [3.8, 4) is 0 Å². The highest BCUT2D eigenvalue weighted by molar-refractivity contribution is 4.66. The van der Waals surface area contributed by atoms with Crippen molar-refractivity contribution in [2.45, 2.75) is 52.4 Å². The molecule has 0 aromatic rings. The summed E-state index contributed by atoms with van der Waals surface area (Å²) in [6.07, 6.45) is 3.69. The molecule has 1 aliphatic heterocycles. The first-order valence-corrected chi connectivity index (χ1v) is 6.58. The SMILES string of the molecule is C=CCO.CC.COC(C)(C)OC1CCOCC1. The summed E-state index contributed by atoms with van der Waals surface area (Å²) in [5.41, 5.74) is 0. The minimum absolute atomic E-state index is 0.0833. The fraction of sp³-hybridized carbons (Fsp3) is 0.857. The second kappa shape index (κ2) is 13.0. The molecule has 0 radical (unpaired) electrons. The molecule has 0 amide bonds. The van der Waals surface area contributed by atoms with Crippen molar-refractivity contribution >= 4 is 0 Å². The highest BCUT2D eigenvalue weighted by Gasteiger charge is 2.24. The lowest BCUT2D eigenvalue weighted by atomic mass is 10.1. The van der Waals surface area contributed by atoms with Gasteiger partial charge in [-0.3, -0.25) is 0 Å². The Morgan fingerprint density at radius 3 is 2.11 bits per heavy atom. The Morgan fingerprint density at radius 2 is 1.78 bits per heavy atom. The molecule has 0 aliphatic carbocycles. The van der Waals surface area contributed by atoms with Gasteiger partial charge in [0.15, 0.2) is 5.79 Å². The molecule has 4 nitrogen and oxygen atoms in total. The van der Waals surface area contributed by atoms with Crippen LogP contribution in [0.15, 0.2) is 12.7 Å². The molecule has 1 aliphatic rings. The highest BCUT2D eigenvalue weighted by Crippen LogP contribution is 2.19. The van der Waals surface area contributed by atoms with Crippen LogP contribution in [0.3, 0.4) is 0 Å². The van der Waals surface area contributed by atoms with E-state index < -0.39 is 5.79 Å². The Hall–Kier alpha value is -0.420. The first kappa shape index (κ1) is 19.9. The summed E-state index contributed by atoms with van der Waals surface area (Å²) in [4.78, 5) is 0. The van der Waals surface area contributed by atoms with Crippen LogP contribution in [-0.4, -0.2) is 43.9 Å². The van der Waals surface area contributed by atoms with Crippen LogP contribution < -0.4 is 0 Å². The van der Waals surface area contributed by atoms with E-state index in [0.29, 0.717) is 6.10 Å². The Kier molecular flexibility index (Phi) is 14.4. The first-order valence-electron chi connectivity index (χ1n) is 6.58. The number of ether oxygens (including phenoxy) is 3. The summed E-state index contributed by atoms with van der Waals surface area (Å²) >= 11 is 0. The molecule has 18 heavy (non-hydrogen) atoms. The minimum Gasteiger partial charge on any atom is -0.392 e. The second-order valence-electron chi connectivity index (χ2n) is 4.00. The van der Waals surface area contributed by atoms with Crippen molar-refractivity contribution in [1.29, 1.82) is 0 Å². The van der Waals surface area contributed by atoms with E-state index in [1.54, 1.807) is 7.11 Å². The van der Waals surface area contributed by atoms with Gasteiger partial charge in [0, 0.05) is 20.3 Å². The first-order chi connectivity index (χ1) is 8.55. The second-order valence-corrected chi connectivity index (χ2v) is 4.00. The monoisotopic (exact) mass is 262 g/mol. The van der Waals surface area contributed by atoms with E-state index in [1.807, 2.05) is 27.7 Å². The molecule has 1 rings (SSSR count). The van der Waals surface area contributed by atoms with Crippen LogP contribution in [0, 0.1) is 0 Å². The normalized spacial score (nSPS) is 15.9. The smallest absolute Gasteiger partial charge is 0.162 e. The molecule has 0 unspecified atom stereocenters. The van der Waals surface area contributed by atoms with Crippen LogP contribution in [0.25, 0.3) is 0 Å². The molecule has 0 bridgehead atoms. The highest BCUT2D eigenvalue weighted by atomic mass is 16.7. The average Bonchev–Trinajstić information content (AvgIpc) is 2.42. The Bertz CT molecular complexity index is 175. The predicted molar refractivity (Wildman–Crippen MR) is 74.6 cm³/mol. The van der Waals surface area contributed by atoms with Gasteiger partial charge in [-0.1, -0.05) is 19.9 Å². The van der Waals surface area contributed by atoms with Crippen molar-refractivity contribution in [2.24, 2.45) is 0 Å². The van der Waals surface area contributed by atoms with Gasteiger partial charge in [0.2, 0.25) is 0 Å². The van der Waals surface area contributed by atoms with Crippen LogP contribution in [0.2, 0.25) is 0 Å². The average molecular weight is 262 g/mol. The van der Waals surface area contributed by atoms with E-state index in [0.717, 1.165) is 26.1 Å². The van der Waals surface area contributed by atoms with E-state index in [1.165, 1.54) is 6.08 Å². The molecule has 0 atom stereocenters. The maximum absolute atomic E-state index is 7.76. The van der Waals surface area contributed by atoms with Crippen molar-refractivity contribution in [2.75, 3.05) is 26.9 Å². The predicted octanol–water partition coefficient (Wildman–Crippen LogP) is 2.76. The van der Waals surface area contributed by atoms with Crippen molar-refractivity contribution in [1.82, 2.24) is 0 Å². The van der Waals surface area contributed by atoms with Crippen LogP contribution in [0.4, 0.5) is 0 Å². The molecule has 1 fully saturated rings. The lowest BCUT2D eigenvalue weighted by Crippen LogP contribution is -2.35. The lowest BCUT2D eigenvalue weighted by Gasteiger charge is -2.31. The number of rotatable bonds is 4. The van der Waals surface area contributed by atoms with E-state index in [2.05, 4.69) is 6.58 Å². The zero-order valence-electron chi connectivity index (χ0n) is 12.6. The molecule has 0 aromatic heterocycles. The summed E-state index contributed by atoms with van der Waals surface area (Å²) in [5.74, 6) is -0.456. The number of hydrogen-bond donors (Lipinski definition) is 1. The quantitative estimate of drug-likeness (QED) is 0.625. The third-order valence-electron chi connectivity index (χ3n) is 2.24. The lowest BCUT2D eigenvalue weighted by molar-refractivity contribution is -0.234. The van der Waals surface area contributed by atoms with Crippen molar-refractivity contribution < 1.29 is 19.3 Å². The van der Waals surface area contributed by atoms with Gasteiger partial charge in [-0.25, -0.2) is 0 Å². The van der Waals surface area contributed by atoms with Gasteiger partial charge in [-0.05, 0) is 26.7 Å². The number of aliphatic hydroxyl groups excluding tert-OH is 1. The minimum atomic E-state index is -0.456. The van der Waals surface area contributed by atoms with E-state index in [4.69, 9.17) is 19.3 Å². The van der Waals surface area contributed by atoms with Gasteiger partial charge >= 0.3 is 0 Å². The molecule has 1 saturated heterocycles. The zero-order valence-corrected chi connectivity index (χ0v) is 12.6. The molecule has 1 heterocycles. The third-order valence-corrected chi connectivity index (χ3v) is 2.24. The maximum atomic E-state index is 7.76. The van der Waals surface area contributed by atoms with Gasteiger partial charge in [0.25, 0.3) is 0 Å². The van der Waals surface area contributed by atoms with Crippen LogP contribution >= 0.6 is 0 Å². The van der Waals surface area contributed by atoms with Gasteiger partial charge in [-0.2, -0.15) is 0 Å². The molecule has 0 saturated carbocycles. The van der Waals surface area contributed by atoms with E-state index >= 15 is 0 Å². The summed E-state index contributed by atoms with van der Waals surface area (Å²) < 4.78 is 16.1. The van der Waals surface area contributed by atoms with Crippen molar-refractivity contribution in [3.05, 3.63) is 12.7 Å². The Labute approximate surface area is 112 Å². The van der Waals surface area contributed by atoms with Gasteiger partial charge in [0.05, 0.1) is 12.7 Å². The molecule has 1 N–H and O–H groups in total. The summed E-state index contributed by atoms with van der Waals surface area (Å²) in [5, 5.41) is 7.76. The largest absolute Gasteiger partial charge is 0.392 e. The zero-order chi connectivity index (χ0) is 14.4. The van der Waals surface area contributed by atoms with Crippen LogP contribution in [0.1, 0.15) is 40.5 Å². The van der Waals surface area contributed by atoms with Gasteiger partial charge < -0.3 is 19.3 Å². The number of hydrogen-bond acceptors (Lipinski definition) is 4. The molecule has 0 aromatic carbocycles. The fourth-order valence-corrected chi connectivity index (χ4v) is 1.24. The number of methoxy groups -OCH3 is 1. The molecule has 0 spiro atoms. The van der Waals surface area contributed by atoms with Crippen LogP contribution in [-0.2, 0) is 14.2 Å². The Balaban J connectivity index is 0. The summed E-state index contributed by atoms with van der Waals surface area (Å²) in [6, 6.07) is 0. The van der Waals surface area contributed by atoms with Gasteiger partial charge in [0.1, 0.15) is 0 Å². The third kappa shape index (κ3) is 12.0. The van der Waals surface area contributed by atoms with E-state index in [9.17, 15) is 0 Å². The molecular formula is C14H30O4. The molecular weight excluding hydrogens is 232 g/mol. The Morgan fingerprint density at radius 1 is 1.33 bits per heavy atom. The standard InChI is InChI=1S/C9H18O3.C3H6O.C2H6/c1-9(2,10-3)12-8-4-6-11-7-5-8;1-2-3-4;1-2/h8H,4-7H2,1-3H3;2,4H,1,3H2;1-2H3.